The topological polar surface area (TPSA) is 119 Å². The fourth-order valence-electron chi connectivity index (χ4n) is 2.39. The van der Waals surface area contributed by atoms with Crippen molar-refractivity contribution in [2.45, 2.75) is 0 Å². The van der Waals surface area contributed by atoms with Crippen molar-refractivity contribution >= 4 is 39.6 Å². The summed E-state index contributed by atoms with van der Waals surface area (Å²) >= 11 is 3.92. The maximum Gasteiger partial charge on any atom is 0.259 e. The van der Waals surface area contributed by atoms with Crippen molar-refractivity contribution in [1.29, 1.82) is 0 Å². The largest absolute Gasteiger partial charge is 0.289 e. The summed E-state index contributed by atoms with van der Waals surface area (Å²) in [6.45, 7) is 0. The number of hydrogen-bond donors (Lipinski definition) is 2. The maximum atomic E-state index is 10.7. The van der Waals surface area contributed by atoms with Crippen LogP contribution in [0, 0.1) is 0 Å². The highest BCUT2D eigenvalue weighted by molar-refractivity contribution is 7.80. The van der Waals surface area contributed by atoms with Gasteiger partial charge in [0.05, 0.1) is 23.0 Å². The van der Waals surface area contributed by atoms with Crippen LogP contribution in [0.5, 0.6) is 0 Å². The maximum absolute atomic E-state index is 10.7. The molecule has 0 spiro atoms. The van der Waals surface area contributed by atoms with E-state index in [1.807, 2.05) is 0 Å². The molecule has 0 amide bonds. The SMILES string of the molecule is O=S(O)Nc1ccc(-c2cnc(-n3ccc4c(Cl)ncnc43)nc2)nc1. The molecule has 0 radical (unpaired) electrons. The predicted molar refractivity (Wildman–Crippen MR) is 97.1 cm³/mol. The number of aromatic nitrogens is 6. The van der Waals surface area contributed by atoms with E-state index in [4.69, 9.17) is 16.2 Å². The van der Waals surface area contributed by atoms with Gasteiger partial charge in [0.2, 0.25) is 5.95 Å². The van der Waals surface area contributed by atoms with E-state index in [9.17, 15) is 4.21 Å². The van der Waals surface area contributed by atoms with E-state index in [0.29, 0.717) is 39.1 Å². The Morgan fingerprint density at radius 2 is 1.85 bits per heavy atom. The second kappa shape index (κ2) is 6.75. The van der Waals surface area contributed by atoms with Crippen LogP contribution >= 0.6 is 11.6 Å². The summed E-state index contributed by atoms with van der Waals surface area (Å²) < 4.78 is 23.6. The number of nitrogens with zero attached hydrogens (tertiary/aromatic N) is 6. The summed E-state index contributed by atoms with van der Waals surface area (Å²) in [4.78, 5) is 21.1. The molecule has 4 aromatic heterocycles. The molecule has 26 heavy (non-hydrogen) atoms. The first kappa shape index (κ1) is 16.5. The average molecular weight is 388 g/mol. The second-order valence-electron chi connectivity index (χ2n) is 5.14. The zero-order valence-electron chi connectivity index (χ0n) is 12.9. The molecule has 0 bridgehead atoms. The van der Waals surface area contributed by atoms with E-state index in [1.165, 1.54) is 12.5 Å². The van der Waals surface area contributed by atoms with Gasteiger partial charge in [0.1, 0.15) is 11.5 Å². The molecule has 4 aromatic rings. The molecular weight excluding hydrogens is 378 g/mol. The zero-order valence-corrected chi connectivity index (χ0v) is 14.5. The molecule has 9 nitrogen and oxygen atoms in total. The first-order chi connectivity index (χ1) is 12.6. The van der Waals surface area contributed by atoms with Crippen LogP contribution in [0.2, 0.25) is 5.15 Å². The summed E-state index contributed by atoms with van der Waals surface area (Å²) in [6.07, 6.45) is 7.88. The third-order valence-corrected chi connectivity index (χ3v) is 4.26. The number of rotatable bonds is 4. The Bertz CT molecular complexity index is 1100. The Morgan fingerprint density at radius 1 is 1.04 bits per heavy atom. The van der Waals surface area contributed by atoms with Crippen LogP contribution in [0.15, 0.2) is 49.3 Å². The van der Waals surface area contributed by atoms with Crippen molar-refractivity contribution in [3.8, 4) is 17.2 Å². The standard InChI is InChI=1S/C15H10ClN7O2S/c16-13-11-3-4-23(14(11)21-8-20-13)15-18-5-9(6-19-15)12-2-1-10(7-17-12)22-26(24)25/h1-8,22H,(H,24,25). The molecule has 0 fully saturated rings. The summed E-state index contributed by atoms with van der Waals surface area (Å²) in [5.74, 6) is 0.437. The van der Waals surface area contributed by atoms with Gasteiger partial charge in [-0.1, -0.05) is 11.6 Å². The van der Waals surface area contributed by atoms with E-state index < -0.39 is 11.3 Å². The van der Waals surface area contributed by atoms with Crippen LogP contribution in [0.25, 0.3) is 28.2 Å². The van der Waals surface area contributed by atoms with Crippen LogP contribution in [0.1, 0.15) is 0 Å². The van der Waals surface area contributed by atoms with Crippen molar-refractivity contribution < 1.29 is 8.76 Å². The van der Waals surface area contributed by atoms with Gasteiger partial charge >= 0.3 is 0 Å². The first-order valence-electron chi connectivity index (χ1n) is 7.26. The summed E-state index contributed by atoms with van der Waals surface area (Å²) in [5.41, 5.74) is 2.38. The van der Waals surface area contributed by atoms with Gasteiger partial charge in [-0.15, -0.1) is 0 Å². The third-order valence-electron chi connectivity index (χ3n) is 3.55. The zero-order chi connectivity index (χ0) is 18.1. The quantitative estimate of drug-likeness (QED) is 0.407. The lowest BCUT2D eigenvalue weighted by Gasteiger charge is -2.05. The van der Waals surface area contributed by atoms with Gasteiger partial charge < -0.3 is 0 Å². The lowest BCUT2D eigenvalue weighted by molar-refractivity contribution is 0.570. The molecule has 0 aliphatic heterocycles. The van der Waals surface area contributed by atoms with E-state index >= 15 is 0 Å². The van der Waals surface area contributed by atoms with Crippen LogP contribution in [-0.2, 0) is 11.3 Å². The summed E-state index contributed by atoms with van der Waals surface area (Å²) in [5, 5.41) is 1.08. The predicted octanol–water partition coefficient (Wildman–Crippen LogP) is 2.47. The number of halogens is 1. The summed E-state index contributed by atoms with van der Waals surface area (Å²) in [7, 11) is 0. The Hall–Kier alpha value is -2.95. The smallest absolute Gasteiger partial charge is 0.259 e. The minimum atomic E-state index is -2.14. The molecule has 4 rings (SSSR count). The molecule has 0 aliphatic rings. The van der Waals surface area contributed by atoms with E-state index in [2.05, 4.69) is 29.6 Å². The summed E-state index contributed by atoms with van der Waals surface area (Å²) in [6, 6.07) is 5.14. The van der Waals surface area contributed by atoms with Gasteiger partial charge in [0, 0.05) is 24.2 Å². The van der Waals surface area contributed by atoms with Crippen molar-refractivity contribution in [1.82, 2.24) is 29.5 Å². The first-order valence-corrected chi connectivity index (χ1v) is 8.74. The van der Waals surface area contributed by atoms with Crippen LogP contribution < -0.4 is 4.72 Å². The van der Waals surface area contributed by atoms with E-state index in [1.54, 1.807) is 41.4 Å². The highest BCUT2D eigenvalue weighted by Crippen LogP contribution is 2.23. The van der Waals surface area contributed by atoms with Crippen molar-refractivity contribution in [3.05, 3.63) is 54.5 Å². The lowest BCUT2D eigenvalue weighted by atomic mass is 10.2. The van der Waals surface area contributed by atoms with Gasteiger partial charge in [-0.3, -0.25) is 18.8 Å². The third kappa shape index (κ3) is 3.12. The molecule has 0 aliphatic carbocycles. The minimum Gasteiger partial charge on any atom is -0.289 e. The van der Waals surface area contributed by atoms with E-state index in [-0.39, 0.29) is 0 Å². The fourth-order valence-corrected chi connectivity index (χ4v) is 2.90. The number of pyridine rings is 1. The molecule has 4 heterocycles. The number of hydrogen-bond acceptors (Lipinski definition) is 6. The Labute approximate surface area is 154 Å². The van der Waals surface area contributed by atoms with Gasteiger partial charge in [0.15, 0.2) is 5.65 Å². The van der Waals surface area contributed by atoms with Crippen LogP contribution in [-0.4, -0.2) is 38.2 Å². The van der Waals surface area contributed by atoms with E-state index in [0.717, 1.165) is 0 Å². The molecule has 11 heteroatoms. The highest BCUT2D eigenvalue weighted by Gasteiger charge is 2.10. The lowest BCUT2D eigenvalue weighted by Crippen LogP contribution is -2.02. The molecule has 130 valence electrons. The Morgan fingerprint density at radius 3 is 2.54 bits per heavy atom. The van der Waals surface area contributed by atoms with Crippen LogP contribution in [0.3, 0.4) is 0 Å². The minimum absolute atomic E-state index is 0.368. The van der Waals surface area contributed by atoms with Gasteiger partial charge in [-0.2, -0.15) is 0 Å². The number of nitrogens with one attached hydrogen (secondary N) is 1. The van der Waals surface area contributed by atoms with Gasteiger partial charge in [0.25, 0.3) is 11.3 Å². The Kier molecular flexibility index (Phi) is 4.29. The fraction of sp³-hybridized carbons (Fsp3) is 0. The number of fused-ring (bicyclic) bond motifs is 1. The van der Waals surface area contributed by atoms with Crippen molar-refractivity contribution in [3.63, 3.8) is 0 Å². The Balaban J connectivity index is 1.64. The number of anilines is 1. The van der Waals surface area contributed by atoms with Crippen molar-refractivity contribution in [2.75, 3.05) is 4.72 Å². The molecule has 0 saturated heterocycles. The average Bonchev–Trinajstić information content (AvgIpc) is 3.08. The molecular formula is C15H10ClN7O2S. The molecule has 1 atom stereocenters. The monoisotopic (exact) mass is 387 g/mol. The van der Waals surface area contributed by atoms with Crippen LogP contribution in [0.4, 0.5) is 5.69 Å². The molecule has 0 aromatic carbocycles. The molecule has 1 unspecified atom stereocenters. The van der Waals surface area contributed by atoms with Gasteiger partial charge in [-0.05, 0) is 18.2 Å². The normalized spacial score (nSPS) is 12.2. The second-order valence-corrected chi connectivity index (χ2v) is 6.20. The highest BCUT2D eigenvalue weighted by atomic mass is 35.5. The molecule has 0 saturated carbocycles. The van der Waals surface area contributed by atoms with Gasteiger partial charge in [-0.25, -0.2) is 24.1 Å². The molecule has 2 N–H and O–H groups in total. The van der Waals surface area contributed by atoms with Crippen molar-refractivity contribution in [2.24, 2.45) is 0 Å².